The maximum atomic E-state index is 12.2. The van der Waals surface area contributed by atoms with Gasteiger partial charge in [-0.2, -0.15) is 0 Å². The molecule has 0 aliphatic carbocycles. The molecule has 0 atom stereocenters. The minimum Gasteiger partial charge on any atom is -0.496 e. The lowest BCUT2D eigenvalue weighted by molar-refractivity contribution is 0.0694. The molecule has 3 rings (SSSR count). The Morgan fingerprint density at radius 1 is 1.33 bits per heavy atom. The van der Waals surface area contributed by atoms with Gasteiger partial charge in [-0.25, -0.2) is 4.79 Å². The van der Waals surface area contributed by atoms with Crippen molar-refractivity contribution in [2.75, 3.05) is 7.11 Å². The highest BCUT2D eigenvalue weighted by Gasteiger charge is 2.21. The zero-order chi connectivity index (χ0) is 15.6. The molecule has 1 aliphatic rings. The van der Waals surface area contributed by atoms with Crippen LogP contribution in [0.3, 0.4) is 0 Å². The van der Waals surface area contributed by atoms with E-state index in [1.807, 2.05) is 19.9 Å². The highest BCUT2D eigenvalue weighted by atomic mass is 16.5. The van der Waals surface area contributed by atoms with Crippen LogP contribution in [0.25, 0.3) is 10.9 Å². The van der Waals surface area contributed by atoms with Crippen LogP contribution in [0.15, 0.2) is 23.0 Å². The normalized spacial score (nSPS) is 12.5. The molecule has 0 fully saturated rings. The topological polar surface area (TPSA) is 68.5 Å². The number of carboxylic acids is 1. The summed E-state index contributed by atoms with van der Waals surface area (Å²) < 4.78 is 6.87. The Labute approximate surface area is 122 Å². The Morgan fingerprint density at radius 3 is 2.67 bits per heavy atom. The first-order valence-electron chi connectivity index (χ1n) is 7.10. The summed E-state index contributed by atoms with van der Waals surface area (Å²) in [5, 5.41) is 9.87. The molecule has 2 aromatic rings. The van der Waals surface area contributed by atoms with Gasteiger partial charge < -0.3 is 14.4 Å². The van der Waals surface area contributed by atoms with E-state index in [0.717, 1.165) is 35.1 Å². The van der Waals surface area contributed by atoms with E-state index >= 15 is 0 Å². The molecule has 1 N–H and O–H groups in total. The second kappa shape index (κ2) is 5.99. The number of benzene rings is 1. The minimum absolute atomic E-state index is 0.175. The van der Waals surface area contributed by atoms with Gasteiger partial charge in [0.1, 0.15) is 11.3 Å². The molecule has 21 heavy (non-hydrogen) atoms. The van der Waals surface area contributed by atoms with Crippen molar-refractivity contribution in [1.82, 2.24) is 4.57 Å². The van der Waals surface area contributed by atoms with Crippen molar-refractivity contribution >= 4 is 16.9 Å². The molecular formula is C16H19NO4. The van der Waals surface area contributed by atoms with Crippen molar-refractivity contribution in [3.63, 3.8) is 0 Å². The summed E-state index contributed by atoms with van der Waals surface area (Å²) in [6, 6.07) is 5.07. The number of aryl methyl sites for hydroxylation is 2. The first-order valence-corrected chi connectivity index (χ1v) is 7.10. The summed E-state index contributed by atoms with van der Waals surface area (Å²) in [5.41, 5.74) is 1.18. The van der Waals surface area contributed by atoms with Crippen molar-refractivity contribution in [2.24, 2.45) is 0 Å². The third kappa shape index (κ3) is 2.39. The number of carboxylic acid groups (broad SMARTS) is 1. The van der Waals surface area contributed by atoms with Gasteiger partial charge in [0.2, 0.25) is 0 Å². The molecule has 1 aromatic carbocycles. The fourth-order valence-corrected chi connectivity index (χ4v) is 2.75. The van der Waals surface area contributed by atoms with Crippen molar-refractivity contribution in [2.45, 2.75) is 33.2 Å². The van der Waals surface area contributed by atoms with Crippen molar-refractivity contribution in [1.29, 1.82) is 0 Å². The lowest BCUT2D eigenvalue weighted by Crippen LogP contribution is -2.29. The van der Waals surface area contributed by atoms with E-state index < -0.39 is 11.5 Å². The van der Waals surface area contributed by atoms with Crippen LogP contribution in [-0.4, -0.2) is 22.8 Å². The quantitative estimate of drug-likeness (QED) is 0.923. The van der Waals surface area contributed by atoms with Crippen molar-refractivity contribution < 1.29 is 14.6 Å². The molecule has 112 valence electrons. The SMILES string of the molecule is CC.COc1ccc2cc(C(=O)O)c(=O)n3c2c1CCC3. The van der Waals surface area contributed by atoms with E-state index in [0.29, 0.717) is 6.54 Å². The van der Waals surface area contributed by atoms with Gasteiger partial charge in [0, 0.05) is 12.1 Å². The van der Waals surface area contributed by atoms with Gasteiger partial charge in [0.05, 0.1) is 12.6 Å². The molecular weight excluding hydrogens is 270 g/mol. The number of pyridine rings is 1. The van der Waals surface area contributed by atoms with E-state index in [1.54, 1.807) is 17.7 Å². The van der Waals surface area contributed by atoms with Gasteiger partial charge in [-0.15, -0.1) is 0 Å². The number of aromatic nitrogens is 1. The highest BCUT2D eigenvalue weighted by molar-refractivity contribution is 5.94. The first kappa shape index (κ1) is 15.1. The molecule has 1 aliphatic heterocycles. The van der Waals surface area contributed by atoms with Crippen LogP contribution in [0.5, 0.6) is 5.75 Å². The van der Waals surface area contributed by atoms with Crippen molar-refractivity contribution in [3.8, 4) is 5.75 Å². The number of methoxy groups -OCH3 is 1. The average Bonchev–Trinajstić information content (AvgIpc) is 2.52. The Bertz CT molecular complexity index is 746. The molecule has 5 nitrogen and oxygen atoms in total. The number of ether oxygens (including phenoxy) is 1. The van der Waals surface area contributed by atoms with Crippen LogP contribution < -0.4 is 10.3 Å². The number of carbonyl (C=O) groups is 1. The fourth-order valence-electron chi connectivity index (χ4n) is 2.75. The third-order valence-electron chi connectivity index (χ3n) is 3.58. The number of aromatic carboxylic acids is 1. The molecule has 0 saturated carbocycles. The van der Waals surface area contributed by atoms with Gasteiger partial charge in [-0.3, -0.25) is 4.79 Å². The number of nitrogens with zero attached hydrogens (tertiary/aromatic N) is 1. The van der Waals surface area contributed by atoms with E-state index in [-0.39, 0.29) is 5.56 Å². The van der Waals surface area contributed by atoms with Crippen LogP contribution in [-0.2, 0) is 13.0 Å². The van der Waals surface area contributed by atoms with Gasteiger partial charge >= 0.3 is 5.97 Å². The Kier molecular flexibility index (Phi) is 4.31. The van der Waals surface area contributed by atoms with E-state index in [4.69, 9.17) is 9.84 Å². The van der Waals surface area contributed by atoms with Crippen LogP contribution in [0.1, 0.15) is 36.2 Å². The molecule has 0 bridgehead atoms. The third-order valence-corrected chi connectivity index (χ3v) is 3.58. The lowest BCUT2D eigenvalue weighted by atomic mass is 9.99. The molecule has 1 aromatic heterocycles. The Balaban J connectivity index is 0.000000774. The molecule has 0 radical (unpaired) electrons. The monoisotopic (exact) mass is 289 g/mol. The molecule has 0 saturated heterocycles. The molecule has 0 spiro atoms. The summed E-state index contributed by atoms with van der Waals surface area (Å²) >= 11 is 0. The number of hydrogen-bond donors (Lipinski definition) is 1. The fraction of sp³-hybridized carbons (Fsp3) is 0.375. The summed E-state index contributed by atoms with van der Waals surface area (Å²) in [7, 11) is 1.60. The maximum absolute atomic E-state index is 12.2. The van der Waals surface area contributed by atoms with Gasteiger partial charge in [0.25, 0.3) is 5.56 Å². The van der Waals surface area contributed by atoms with Crippen LogP contribution in [0, 0.1) is 0 Å². The first-order chi connectivity index (χ1) is 10.1. The van der Waals surface area contributed by atoms with E-state index in [1.165, 1.54) is 6.07 Å². The van der Waals surface area contributed by atoms with Crippen molar-refractivity contribution in [3.05, 3.63) is 39.7 Å². The van der Waals surface area contributed by atoms with E-state index in [9.17, 15) is 9.59 Å². The predicted molar refractivity (Wildman–Crippen MR) is 81.4 cm³/mol. The average molecular weight is 289 g/mol. The largest absolute Gasteiger partial charge is 0.496 e. The number of rotatable bonds is 2. The summed E-state index contributed by atoms with van der Waals surface area (Å²) in [4.78, 5) is 23.3. The predicted octanol–water partition coefficient (Wildman–Crippen LogP) is 2.68. The van der Waals surface area contributed by atoms with E-state index in [2.05, 4.69) is 0 Å². The second-order valence-corrected chi connectivity index (χ2v) is 4.61. The number of hydrogen-bond acceptors (Lipinski definition) is 3. The maximum Gasteiger partial charge on any atom is 0.341 e. The van der Waals surface area contributed by atoms with Crippen LogP contribution >= 0.6 is 0 Å². The molecule has 2 heterocycles. The second-order valence-electron chi connectivity index (χ2n) is 4.61. The summed E-state index contributed by atoms with van der Waals surface area (Å²) in [6.45, 7) is 4.55. The molecule has 0 unspecified atom stereocenters. The van der Waals surface area contributed by atoms with Gasteiger partial charge in [-0.05, 0) is 36.4 Å². The zero-order valence-electron chi connectivity index (χ0n) is 12.5. The zero-order valence-corrected chi connectivity index (χ0v) is 12.5. The smallest absolute Gasteiger partial charge is 0.341 e. The summed E-state index contributed by atoms with van der Waals surface area (Å²) in [6.07, 6.45) is 1.65. The van der Waals surface area contributed by atoms with Crippen LogP contribution in [0.4, 0.5) is 0 Å². The van der Waals surface area contributed by atoms with Crippen LogP contribution in [0.2, 0.25) is 0 Å². The Morgan fingerprint density at radius 2 is 2.05 bits per heavy atom. The Hall–Kier alpha value is -2.30. The standard InChI is InChI=1S/C14H13NO4.C2H6/c1-19-11-5-4-8-7-10(14(17)18)13(16)15-6-2-3-9(11)12(8)15;1-2/h4-5,7H,2-3,6H2,1H3,(H,17,18);1-2H3. The molecule has 0 amide bonds. The van der Waals surface area contributed by atoms with Gasteiger partial charge in [-0.1, -0.05) is 13.8 Å². The lowest BCUT2D eigenvalue weighted by Gasteiger charge is -2.21. The van der Waals surface area contributed by atoms with Gasteiger partial charge in [0.15, 0.2) is 0 Å². The molecule has 5 heteroatoms. The minimum atomic E-state index is -1.18. The summed E-state index contributed by atoms with van der Waals surface area (Å²) in [5.74, 6) is -0.429. The highest BCUT2D eigenvalue weighted by Crippen LogP contribution is 2.31.